The maximum Gasteiger partial charge on any atom is 0.407 e. The van der Waals surface area contributed by atoms with Gasteiger partial charge < -0.3 is 46.1 Å². The Balaban J connectivity index is 0.000000218. The largest absolute Gasteiger partial charge is 0.494 e. The lowest BCUT2D eigenvalue weighted by Crippen LogP contribution is -2.33. The summed E-state index contributed by atoms with van der Waals surface area (Å²) in [6, 6.07) is 30.6. The summed E-state index contributed by atoms with van der Waals surface area (Å²) in [7, 11) is 0. The number of carbonyl (C=O) groups excluding carboxylic acids is 1. The number of aliphatic carboxylic acids is 2. The van der Waals surface area contributed by atoms with Gasteiger partial charge in [0, 0.05) is 30.8 Å². The number of nitrogens with zero attached hydrogens (tertiary/aromatic N) is 10. The summed E-state index contributed by atoms with van der Waals surface area (Å²) >= 11 is 0. The van der Waals surface area contributed by atoms with E-state index < -0.39 is 23.6 Å². The van der Waals surface area contributed by atoms with Crippen LogP contribution in [0.4, 0.5) is 28.1 Å². The van der Waals surface area contributed by atoms with Crippen LogP contribution in [0.3, 0.4) is 0 Å². The first-order valence-corrected chi connectivity index (χ1v) is 23.7. The van der Waals surface area contributed by atoms with Crippen molar-refractivity contribution < 1.29 is 38.8 Å². The van der Waals surface area contributed by atoms with Gasteiger partial charge in [-0.2, -0.15) is 19.3 Å². The third-order valence-electron chi connectivity index (χ3n) is 10.6. The zero-order valence-corrected chi connectivity index (χ0v) is 40.8. The first-order valence-electron chi connectivity index (χ1n) is 23.7. The molecule has 73 heavy (non-hydrogen) atoms. The maximum atomic E-state index is 11.7. The Hall–Kier alpha value is -8.79. The van der Waals surface area contributed by atoms with Crippen molar-refractivity contribution in [3.05, 3.63) is 121 Å². The monoisotopic (exact) mass is 994 g/mol. The number of nitrogens with two attached hydrogens (primary N) is 1. The molecule has 0 bridgehead atoms. The predicted octanol–water partition coefficient (Wildman–Crippen LogP) is 7.74. The molecule has 8 aromatic rings. The molecule has 4 aromatic heterocycles. The van der Waals surface area contributed by atoms with Crippen LogP contribution in [0.5, 0.6) is 11.5 Å². The van der Waals surface area contributed by atoms with Crippen molar-refractivity contribution in [3.63, 3.8) is 0 Å². The van der Waals surface area contributed by atoms with Crippen LogP contribution < -0.4 is 31.2 Å². The average Bonchev–Trinajstić information content (AvgIpc) is 4.00. The highest BCUT2D eigenvalue weighted by Gasteiger charge is 2.16. The molecule has 0 aliphatic heterocycles. The number of benzene rings is 4. The predicted molar refractivity (Wildman–Crippen MR) is 273 cm³/mol. The van der Waals surface area contributed by atoms with Gasteiger partial charge in [0.1, 0.15) is 17.1 Å². The minimum absolute atomic E-state index is 0.0678. The van der Waals surface area contributed by atoms with Crippen molar-refractivity contribution in [2.75, 3.05) is 36.9 Å². The van der Waals surface area contributed by atoms with Gasteiger partial charge >= 0.3 is 18.0 Å². The fourth-order valence-electron chi connectivity index (χ4n) is 6.99. The Morgan fingerprint density at radius 1 is 0.603 bits per heavy atom. The molecule has 1 amide bonds. The molecule has 0 aliphatic carbocycles. The minimum atomic E-state index is -0.841. The third kappa shape index (κ3) is 16.1. The number of carboxylic acids is 2. The summed E-state index contributed by atoms with van der Waals surface area (Å²) in [4.78, 5) is 50.8. The lowest BCUT2D eigenvalue weighted by Gasteiger charge is -2.19. The van der Waals surface area contributed by atoms with Crippen molar-refractivity contribution in [1.29, 1.82) is 0 Å². The van der Waals surface area contributed by atoms with Crippen LogP contribution in [0, 0.1) is 0 Å². The molecule has 4 aromatic carbocycles. The molecular formula is C51H58N14O8. The molecule has 0 atom stereocenters. The lowest BCUT2D eigenvalue weighted by atomic mass is 10.1. The Kier molecular flexibility index (Phi) is 18.1. The molecule has 0 saturated heterocycles. The lowest BCUT2D eigenvalue weighted by molar-refractivity contribution is -0.138. The number of aromatic nitrogens is 10. The van der Waals surface area contributed by atoms with Crippen LogP contribution in [0.25, 0.3) is 33.7 Å². The molecule has 380 valence electrons. The summed E-state index contributed by atoms with van der Waals surface area (Å²) in [6.45, 7) is 7.39. The molecule has 0 saturated carbocycles. The Morgan fingerprint density at radius 2 is 1.04 bits per heavy atom. The van der Waals surface area contributed by atoms with Crippen LogP contribution in [0.15, 0.2) is 109 Å². The van der Waals surface area contributed by atoms with Gasteiger partial charge in [0.25, 0.3) is 0 Å². The first kappa shape index (κ1) is 52.0. The highest BCUT2D eigenvalue weighted by molar-refractivity contribution is 5.74. The molecule has 0 fully saturated rings. The van der Waals surface area contributed by atoms with E-state index >= 15 is 0 Å². The number of rotatable bonds is 23. The minimum Gasteiger partial charge on any atom is -0.494 e. The van der Waals surface area contributed by atoms with Gasteiger partial charge in [0.15, 0.2) is 22.3 Å². The highest BCUT2D eigenvalue weighted by Crippen LogP contribution is 2.23. The number of carbonyl (C=O) groups is 3. The van der Waals surface area contributed by atoms with Gasteiger partial charge in [-0.05, 0) is 150 Å². The second-order valence-corrected chi connectivity index (χ2v) is 17.6. The smallest absolute Gasteiger partial charge is 0.407 e. The number of carboxylic acid groups (broad SMARTS) is 2. The Morgan fingerprint density at radius 3 is 1.45 bits per heavy atom. The molecule has 0 spiro atoms. The topological polar surface area (TPSA) is 294 Å². The van der Waals surface area contributed by atoms with Crippen LogP contribution in [-0.4, -0.2) is 110 Å². The second kappa shape index (κ2) is 25.4. The number of ether oxygens (including phenoxy) is 3. The molecule has 8 rings (SSSR count). The van der Waals surface area contributed by atoms with E-state index in [1.54, 1.807) is 46.0 Å². The molecule has 7 N–H and O–H groups in total. The van der Waals surface area contributed by atoms with Crippen molar-refractivity contribution in [3.8, 4) is 22.9 Å². The third-order valence-corrected chi connectivity index (χ3v) is 10.6. The number of aryl methyl sites for hydroxylation is 2. The fraction of sp³-hybridized carbons (Fsp3) is 0.314. The van der Waals surface area contributed by atoms with Gasteiger partial charge in [-0.1, -0.05) is 34.7 Å². The first-order chi connectivity index (χ1) is 35.3. The van der Waals surface area contributed by atoms with E-state index in [-0.39, 0.29) is 12.8 Å². The number of alkyl carbamates (subject to hydrolysis) is 1. The quantitative estimate of drug-likeness (QED) is 0.0334. The van der Waals surface area contributed by atoms with E-state index in [0.29, 0.717) is 84.9 Å². The number of nitrogens with one attached hydrogen (secondary N) is 3. The molecule has 0 unspecified atom stereocenters. The van der Waals surface area contributed by atoms with E-state index in [1.807, 2.05) is 81.4 Å². The molecular weight excluding hydrogens is 937 g/mol. The zero-order chi connectivity index (χ0) is 51.6. The Bertz CT molecular complexity index is 3050. The van der Waals surface area contributed by atoms with E-state index in [1.165, 1.54) is 5.56 Å². The van der Waals surface area contributed by atoms with Gasteiger partial charge in [-0.25, -0.2) is 14.8 Å². The van der Waals surface area contributed by atoms with Gasteiger partial charge in [0.05, 0.1) is 37.0 Å². The Labute approximate surface area is 420 Å². The summed E-state index contributed by atoms with van der Waals surface area (Å²) in [5, 5.41) is 43.3. The van der Waals surface area contributed by atoms with E-state index in [4.69, 9.17) is 30.2 Å². The number of amides is 1. The molecule has 0 aliphatic rings. The van der Waals surface area contributed by atoms with Crippen LogP contribution in [0.1, 0.15) is 70.4 Å². The number of hydrogen-bond donors (Lipinski definition) is 6. The summed E-state index contributed by atoms with van der Waals surface area (Å²) in [5.74, 6) is 0.468. The molecule has 22 nitrogen and oxygen atoms in total. The van der Waals surface area contributed by atoms with Crippen molar-refractivity contribution >= 4 is 63.6 Å². The van der Waals surface area contributed by atoms with Gasteiger partial charge in [-0.15, -0.1) is 10.2 Å². The summed E-state index contributed by atoms with van der Waals surface area (Å²) in [5.41, 5.74) is 12.9. The maximum absolute atomic E-state index is 11.7. The van der Waals surface area contributed by atoms with Crippen molar-refractivity contribution in [1.82, 2.24) is 55.2 Å². The van der Waals surface area contributed by atoms with Crippen LogP contribution in [0.2, 0.25) is 0 Å². The van der Waals surface area contributed by atoms with E-state index in [9.17, 15) is 14.4 Å². The normalized spacial score (nSPS) is 11.1. The van der Waals surface area contributed by atoms with Gasteiger partial charge in [-0.3, -0.25) is 9.59 Å². The number of hydrogen-bond acceptors (Lipinski definition) is 17. The fourth-order valence-corrected chi connectivity index (χ4v) is 6.99. The SMILES string of the molecule is CC(C)(C)OC(=O)NCCCc1ccc(Nc2ncc3nnn(-c4ccc(OCCCC(=O)O)cc4)c3n2)cc1.NCCCc1ccc(Nc2ncc3nnn(-c4ccc(OCCCC(=O)O)cc4)c3n2)cc1. The van der Waals surface area contributed by atoms with Crippen molar-refractivity contribution in [2.45, 2.75) is 77.7 Å². The van der Waals surface area contributed by atoms with Gasteiger partial charge in [0.2, 0.25) is 11.9 Å². The van der Waals surface area contributed by atoms with Crippen molar-refractivity contribution in [2.24, 2.45) is 5.73 Å². The summed E-state index contributed by atoms with van der Waals surface area (Å²) in [6.07, 6.45) is 7.39. The molecule has 4 heterocycles. The van der Waals surface area contributed by atoms with Crippen LogP contribution in [-0.2, 0) is 27.2 Å². The van der Waals surface area contributed by atoms with E-state index in [2.05, 4.69) is 68.6 Å². The molecule has 22 heteroatoms. The van der Waals surface area contributed by atoms with E-state index in [0.717, 1.165) is 54.0 Å². The second-order valence-electron chi connectivity index (χ2n) is 17.6. The van der Waals surface area contributed by atoms with Crippen LogP contribution >= 0.6 is 0 Å². The standard InChI is InChI=1S/C28H33N7O5.C23H25N7O3/c1-28(2,3)40-27(38)29-16-4-6-19-8-10-20(11-9-19)31-26-30-18-23-25(32-26)35(34-33-23)21-12-14-22(15-13-21)39-17-5-7-24(36)37;24-13-1-3-16-5-7-17(8-6-16)26-23-25-15-20-22(27-23)30(29-28-20)18-9-11-19(12-10-18)33-14-2-4-21(31)32/h8-15,18H,4-7,16-17H2,1-3H3,(H,29,38)(H,36,37)(H,30,31,32);5-12,15H,1-4,13-14,24H2,(H,31,32)(H,25,26,27). The number of anilines is 4. The molecule has 0 radical (unpaired) electrons. The summed E-state index contributed by atoms with van der Waals surface area (Å²) < 4.78 is 19.7. The number of fused-ring (bicyclic) bond motifs is 2. The zero-order valence-electron chi connectivity index (χ0n) is 40.8. The highest BCUT2D eigenvalue weighted by atomic mass is 16.6. The average molecular weight is 995 g/mol.